The van der Waals surface area contributed by atoms with Crippen molar-refractivity contribution in [1.29, 1.82) is 0 Å². The van der Waals surface area contributed by atoms with Gasteiger partial charge < -0.3 is 25.2 Å². The zero-order chi connectivity index (χ0) is 47.0. The van der Waals surface area contributed by atoms with Crippen LogP contribution in [0.5, 0.6) is 0 Å². The number of allylic oxidation sites excluding steroid dienone is 22. The minimum atomic E-state index is -4.80. The topological polar surface area (TPSA) is 169 Å². The molecule has 0 saturated carbocycles. The highest BCUT2D eigenvalue weighted by Gasteiger charge is 2.28. The Morgan fingerprint density at radius 3 is 1.30 bits per heavy atom. The second kappa shape index (κ2) is 45.2. The van der Waals surface area contributed by atoms with Gasteiger partial charge in [-0.15, -0.1) is 0 Å². The lowest BCUT2D eigenvalue weighted by molar-refractivity contribution is -0.147. The van der Waals surface area contributed by atoms with Crippen molar-refractivity contribution in [2.24, 2.45) is 0 Å². The molecule has 0 saturated heterocycles. The van der Waals surface area contributed by atoms with Crippen molar-refractivity contribution in [2.75, 3.05) is 19.8 Å². The van der Waals surface area contributed by atoms with Crippen molar-refractivity contribution < 1.29 is 47.8 Å². The number of phosphoric acid groups is 1. The third-order valence-electron chi connectivity index (χ3n) is 8.92. The van der Waals surface area contributed by atoms with Crippen LogP contribution in [0.4, 0.5) is 0 Å². The normalized spacial score (nSPS) is 14.8. The molecule has 358 valence electrons. The van der Waals surface area contributed by atoms with Crippen LogP contribution in [-0.2, 0) is 32.7 Å². The molecule has 0 rings (SSSR count). The highest BCUT2D eigenvalue weighted by molar-refractivity contribution is 7.47. The van der Waals surface area contributed by atoms with E-state index in [1.165, 1.54) is 19.3 Å². The van der Waals surface area contributed by atoms with Crippen LogP contribution in [0.15, 0.2) is 134 Å². The van der Waals surface area contributed by atoms with Crippen LogP contribution >= 0.6 is 7.82 Å². The van der Waals surface area contributed by atoms with E-state index in [4.69, 9.17) is 13.8 Å². The van der Waals surface area contributed by atoms with E-state index in [2.05, 4.69) is 129 Å². The molecule has 3 unspecified atom stereocenters. The lowest BCUT2D eigenvalue weighted by Gasteiger charge is -2.18. The Kier molecular flexibility index (Phi) is 42.1. The minimum absolute atomic E-state index is 0.0524. The molecule has 0 radical (unpaired) electrons. The minimum Gasteiger partial charge on any atom is -0.480 e. The summed E-state index contributed by atoms with van der Waals surface area (Å²) in [6, 6.07) is -1.60. The smallest absolute Gasteiger partial charge is 0.472 e. The lowest BCUT2D eigenvalue weighted by atomic mass is 10.2. The predicted octanol–water partition coefficient (Wildman–Crippen LogP) is 12.6. The van der Waals surface area contributed by atoms with Crippen LogP contribution in [0.25, 0.3) is 0 Å². The van der Waals surface area contributed by atoms with Gasteiger partial charge in [0.1, 0.15) is 12.7 Å². The third-order valence-corrected chi connectivity index (χ3v) is 9.87. The number of rotatable bonds is 41. The van der Waals surface area contributed by atoms with Crippen LogP contribution in [0.3, 0.4) is 0 Å². The van der Waals surface area contributed by atoms with Crippen LogP contribution in [0.2, 0.25) is 0 Å². The molecule has 0 fully saturated rings. The van der Waals surface area contributed by atoms with Gasteiger partial charge in [0.2, 0.25) is 5.91 Å². The molecule has 4 N–H and O–H groups in total. The van der Waals surface area contributed by atoms with Gasteiger partial charge >= 0.3 is 19.8 Å². The zero-order valence-electron chi connectivity index (χ0n) is 38.8. The van der Waals surface area contributed by atoms with Crippen molar-refractivity contribution in [1.82, 2.24) is 5.32 Å². The fourth-order valence-corrected chi connectivity index (χ4v) is 6.13. The predicted molar refractivity (Wildman–Crippen MR) is 262 cm³/mol. The van der Waals surface area contributed by atoms with E-state index in [0.717, 1.165) is 70.6 Å². The summed E-state index contributed by atoms with van der Waals surface area (Å²) < 4.78 is 26.8. The molecule has 0 spiro atoms. The summed E-state index contributed by atoms with van der Waals surface area (Å²) in [6.07, 6.45) is 62.0. The number of carbonyl (C=O) groups is 3. The standard InChI is InChI=1S/C52H80NO10P/c1-3-5-7-9-11-13-15-17-19-21-22-23-24-25-26-28-29-31-33-35-37-39-41-43-50(55)53-49(52(57)58)47-63-64(59,60)62-46-48(54)45-61-51(56)44-42-40-38-36-34-32-30-27-20-18-16-14-12-10-8-6-4-2/h5,7,11-14,17-20,22-23,25-26,29-32,35-38,48-49,54H,3-4,6,8-10,15-16,21,24,27-28,33-34,39-47H2,1-2H3,(H,53,55)(H,57,58)(H,59,60)/b7-5-,13-11-,14-12-,19-17-,20-18-,23-22-,26-25-,31-29-,32-30-,37-35-,38-36-. The van der Waals surface area contributed by atoms with Gasteiger partial charge in [-0.3, -0.25) is 18.6 Å². The number of aliphatic hydroxyl groups excluding tert-OH is 1. The van der Waals surface area contributed by atoms with E-state index in [1.54, 1.807) is 0 Å². The third kappa shape index (κ3) is 44.2. The van der Waals surface area contributed by atoms with Crippen molar-refractivity contribution in [3.63, 3.8) is 0 Å². The number of phosphoric ester groups is 1. The van der Waals surface area contributed by atoms with Crippen molar-refractivity contribution in [2.45, 2.75) is 154 Å². The number of carboxylic acid groups (broad SMARTS) is 1. The van der Waals surface area contributed by atoms with Gasteiger partial charge in [0, 0.05) is 12.8 Å². The summed E-state index contributed by atoms with van der Waals surface area (Å²) in [5.74, 6) is -2.54. The maximum Gasteiger partial charge on any atom is 0.472 e. The van der Waals surface area contributed by atoms with E-state index in [0.29, 0.717) is 25.7 Å². The lowest BCUT2D eigenvalue weighted by Crippen LogP contribution is -2.43. The van der Waals surface area contributed by atoms with Crippen LogP contribution < -0.4 is 5.32 Å². The highest BCUT2D eigenvalue weighted by Crippen LogP contribution is 2.43. The number of hydrogen-bond donors (Lipinski definition) is 4. The Labute approximate surface area is 385 Å². The fourth-order valence-electron chi connectivity index (χ4n) is 5.35. The molecule has 0 heterocycles. The van der Waals surface area contributed by atoms with Crippen LogP contribution in [0.1, 0.15) is 142 Å². The number of nitrogens with one attached hydrogen (secondary N) is 1. The largest absolute Gasteiger partial charge is 0.480 e. The number of esters is 1. The van der Waals surface area contributed by atoms with Gasteiger partial charge in [-0.25, -0.2) is 9.36 Å². The first-order chi connectivity index (χ1) is 31.1. The number of carbonyl (C=O) groups excluding carboxylic acids is 2. The Hall–Kier alpha value is -4.38. The van der Waals surface area contributed by atoms with Gasteiger partial charge in [0.15, 0.2) is 6.04 Å². The zero-order valence-corrected chi connectivity index (χ0v) is 39.7. The average Bonchev–Trinajstić information content (AvgIpc) is 3.27. The number of carboxylic acids is 1. The number of aliphatic carboxylic acids is 1. The van der Waals surface area contributed by atoms with E-state index in [-0.39, 0.29) is 12.8 Å². The van der Waals surface area contributed by atoms with E-state index < -0.39 is 57.6 Å². The Morgan fingerprint density at radius 1 is 0.516 bits per heavy atom. The van der Waals surface area contributed by atoms with Crippen molar-refractivity contribution in [3.8, 4) is 0 Å². The first-order valence-corrected chi connectivity index (χ1v) is 24.7. The van der Waals surface area contributed by atoms with Gasteiger partial charge in [0.05, 0.1) is 13.2 Å². The molecule has 1 amide bonds. The maximum absolute atomic E-state index is 12.3. The summed E-state index contributed by atoms with van der Waals surface area (Å²) in [5.41, 5.74) is 0. The number of hydrogen-bond acceptors (Lipinski definition) is 8. The number of unbranched alkanes of at least 4 members (excludes halogenated alkanes) is 5. The number of aliphatic hydroxyl groups is 1. The Bertz CT molecular complexity index is 1580. The molecule has 0 bridgehead atoms. The van der Waals surface area contributed by atoms with E-state index in [9.17, 15) is 34.1 Å². The highest BCUT2D eigenvalue weighted by atomic mass is 31.2. The van der Waals surface area contributed by atoms with Crippen molar-refractivity contribution >= 4 is 25.7 Å². The first-order valence-electron chi connectivity index (χ1n) is 23.2. The molecule has 64 heavy (non-hydrogen) atoms. The maximum atomic E-state index is 12.3. The van der Waals surface area contributed by atoms with E-state index in [1.807, 2.05) is 24.3 Å². The molecule has 0 aromatic heterocycles. The molecule has 0 aliphatic heterocycles. The van der Waals surface area contributed by atoms with Gasteiger partial charge in [-0.05, 0) is 103 Å². The second-order valence-corrected chi connectivity index (χ2v) is 16.3. The Morgan fingerprint density at radius 2 is 0.891 bits per heavy atom. The molecule has 0 aliphatic rings. The summed E-state index contributed by atoms with van der Waals surface area (Å²) in [5, 5.41) is 21.8. The van der Waals surface area contributed by atoms with Gasteiger partial charge in [0.25, 0.3) is 0 Å². The monoisotopic (exact) mass is 910 g/mol. The second-order valence-electron chi connectivity index (χ2n) is 14.9. The SMILES string of the molecule is CC/C=C\C/C=C\C/C=C\C/C=C\C/C=C\C/C=C\C/C=C\CCCC(=O)NC(COP(=O)(O)OCC(O)COC(=O)CCC/C=C\C/C=C\C/C=C\C/C=C\CCCCC)C(=O)O. The van der Waals surface area contributed by atoms with Gasteiger partial charge in [-0.2, -0.15) is 0 Å². The van der Waals surface area contributed by atoms with E-state index >= 15 is 0 Å². The molecule has 11 nitrogen and oxygen atoms in total. The molecule has 12 heteroatoms. The number of amides is 1. The summed E-state index contributed by atoms with van der Waals surface area (Å²) >= 11 is 0. The molecule has 0 aliphatic carbocycles. The van der Waals surface area contributed by atoms with Crippen molar-refractivity contribution in [3.05, 3.63) is 134 Å². The summed E-state index contributed by atoms with van der Waals surface area (Å²) in [4.78, 5) is 46.0. The molecular formula is C52H80NO10P. The molecule has 0 aromatic carbocycles. The number of ether oxygens (including phenoxy) is 1. The van der Waals surface area contributed by atoms with Gasteiger partial charge in [-0.1, -0.05) is 160 Å². The summed E-state index contributed by atoms with van der Waals surface area (Å²) in [6.45, 7) is 2.33. The average molecular weight is 910 g/mol. The van der Waals surface area contributed by atoms with Crippen LogP contribution in [-0.4, -0.2) is 64.9 Å². The molecule has 3 atom stereocenters. The Balaban J connectivity index is 4.08. The first kappa shape index (κ1) is 59.6. The molecule has 0 aromatic rings. The fraction of sp³-hybridized carbons (Fsp3) is 0.519. The molecular weight excluding hydrogens is 830 g/mol. The van der Waals surface area contributed by atoms with Crippen LogP contribution in [0, 0.1) is 0 Å². The quantitative estimate of drug-likeness (QED) is 0.0200. The summed E-state index contributed by atoms with van der Waals surface area (Å²) in [7, 11) is -4.80.